The number of carbonyl (C=O) groups is 2. The standard InChI is InChI=1S/C15H19F3N6O3/c1-2-3-4-5-10(8-24(27)9-25)13(26)22-23-14-20-7-11(6-19)12(21-14)15(16,17)18/h7,9-10,27H,2-5,8H2,1H3,(H,22,26)(H,20,21,23)/t10-/m0/s1. The molecular weight excluding hydrogens is 369 g/mol. The molecule has 27 heavy (non-hydrogen) atoms. The van der Waals surface area contributed by atoms with Gasteiger partial charge in [0.2, 0.25) is 18.3 Å². The number of aromatic nitrogens is 2. The van der Waals surface area contributed by atoms with E-state index >= 15 is 0 Å². The molecule has 12 heteroatoms. The van der Waals surface area contributed by atoms with E-state index < -0.39 is 35.2 Å². The second-order valence-electron chi connectivity index (χ2n) is 5.60. The van der Waals surface area contributed by atoms with Crippen LogP contribution in [0.25, 0.3) is 0 Å². The molecule has 148 valence electrons. The third-order valence-electron chi connectivity index (χ3n) is 3.53. The van der Waals surface area contributed by atoms with Crippen LogP contribution < -0.4 is 10.9 Å². The van der Waals surface area contributed by atoms with Crippen molar-refractivity contribution in [1.29, 1.82) is 5.26 Å². The van der Waals surface area contributed by atoms with Crippen molar-refractivity contribution in [3.05, 3.63) is 17.5 Å². The van der Waals surface area contributed by atoms with Crippen LogP contribution in [0.5, 0.6) is 0 Å². The molecule has 2 amide bonds. The molecule has 1 aromatic heterocycles. The minimum atomic E-state index is -4.86. The van der Waals surface area contributed by atoms with Gasteiger partial charge in [-0.05, 0) is 6.42 Å². The van der Waals surface area contributed by atoms with Gasteiger partial charge in [0, 0.05) is 0 Å². The van der Waals surface area contributed by atoms with E-state index in [-0.39, 0.29) is 13.0 Å². The van der Waals surface area contributed by atoms with Crippen molar-refractivity contribution >= 4 is 18.3 Å². The van der Waals surface area contributed by atoms with Crippen molar-refractivity contribution in [2.75, 3.05) is 12.0 Å². The number of hydroxylamine groups is 2. The van der Waals surface area contributed by atoms with Gasteiger partial charge in [-0.2, -0.15) is 18.4 Å². The van der Waals surface area contributed by atoms with E-state index in [9.17, 15) is 28.0 Å². The summed E-state index contributed by atoms with van der Waals surface area (Å²) in [7, 11) is 0. The van der Waals surface area contributed by atoms with Crippen molar-refractivity contribution in [2.24, 2.45) is 5.92 Å². The molecular formula is C15H19F3N6O3. The fourth-order valence-electron chi connectivity index (χ4n) is 2.17. The van der Waals surface area contributed by atoms with Gasteiger partial charge in [0.15, 0.2) is 5.69 Å². The highest BCUT2D eigenvalue weighted by Crippen LogP contribution is 2.30. The molecule has 1 rings (SSSR count). The Kier molecular flexibility index (Phi) is 8.40. The van der Waals surface area contributed by atoms with Crippen molar-refractivity contribution in [3.8, 4) is 6.07 Å². The molecule has 1 heterocycles. The van der Waals surface area contributed by atoms with Gasteiger partial charge < -0.3 is 0 Å². The molecule has 0 bridgehead atoms. The van der Waals surface area contributed by atoms with Crippen LogP contribution in [0.3, 0.4) is 0 Å². The quantitative estimate of drug-likeness (QED) is 0.241. The number of hydrogen-bond donors (Lipinski definition) is 3. The summed E-state index contributed by atoms with van der Waals surface area (Å²) >= 11 is 0. The Morgan fingerprint density at radius 3 is 2.74 bits per heavy atom. The lowest BCUT2D eigenvalue weighted by atomic mass is 10.0. The molecule has 0 aliphatic rings. The fraction of sp³-hybridized carbons (Fsp3) is 0.533. The zero-order valence-corrected chi connectivity index (χ0v) is 14.5. The summed E-state index contributed by atoms with van der Waals surface area (Å²) in [5, 5.41) is 18.3. The number of anilines is 1. The molecule has 3 N–H and O–H groups in total. The lowest BCUT2D eigenvalue weighted by molar-refractivity contribution is -0.154. The molecule has 0 fully saturated rings. The van der Waals surface area contributed by atoms with Gasteiger partial charge >= 0.3 is 6.18 Å². The Balaban J connectivity index is 2.82. The molecule has 9 nitrogen and oxygen atoms in total. The summed E-state index contributed by atoms with van der Waals surface area (Å²) in [5.41, 5.74) is 2.12. The first kappa shape index (κ1) is 22.1. The third-order valence-corrected chi connectivity index (χ3v) is 3.53. The lowest BCUT2D eigenvalue weighted by Gasteiger charge is -2.19. The number of carbonyl (C=O) groups excluding carboxylic acids is 2. The average molecular weight is 388 g/mol. The molecule has 0 aromatic carbocycles. The molecule has 0 aliphatic carbocycles. The van der Waals surface area contributed by atoms with Crippen molar-refractivity contribution in [2.45, 2.75) is 38.8 Å². The number of halogens is 3. The maximum Gasteiger partial charge on any atom is 0.434 e. The number of alkyl halides is 3. The van der Waals surface area contributed by atoms with Gasteiger partial charge in [-0.1, -0.05) is 26.2 Å². The summed E-state index contributed by atoms with van der Waals surface area (Å²) in [5.74, 6) is -2.01. The Morgan fingerprint density at radius 1 is 1.48 bits per heavy atom. The van der Waals surface area contributed by atoms with E-state index in [0.29, 0.717) is 24.1 Å². The first-order valence-electron chi connectivity index (χ1n) is 8.03. The van der Waals surface area contributed by atoms with Crippen LogP contribution in [-0.4, -0.2) is 39.1 Å². The molecule has 1 atom stereocenters. The van der Waals surface area contributed by atoms with Crippen LogP contribution in [0.15, 0.2) is 6.20 Å². The zero-order chi connectivity index (χ0) is 20.4. The predicted molar refractivity (Wildman–Crippen MR) is 85.7 cm³/mol. The van der Waals surface area contributed by atoms with Crippen LogP contribution >= 0.6 is 0 Å². The largest absolute Gasteiger partial charge is 0.434 e. The smallest absolute Gasteiger partial charge is 0.286 e. The van der Waals surface area contributed by atoms with E-state index in [1.54, 1.807) is 0 Å². The Labute approximate surface area is 153 Å². The SMILES string of the molecule is CCCCC[C@@H](CN(O)C=O)C(=O)NNc1ncc(C#N)c(C(F)(F)F)n1. The predicted octanol–water partition coefficient (Wildman–Crippen LogP) is 1.85. The van der Waals surface area contributed by atoms with E-state index in [2.05, 4.69) is 20.8 Å². The lowest BCUT2D eigenvalue weighted by Crippen LogP contribution is -2.40. The molecule has 0 radical (unpaired) electrons. The number of amides is 2. The Morgan fingerprint density at radius 2 is 2.19 bits per heavy atom. The third kappa shape index (κ3) is 7.06. The van der Waals surface area contributed by atoms with Gasteiger partial charge in [0.05, 0.1) is 18.7 Å². The van der Waals surface area contributed by atoms with Crippen LogP contribution in [0.4, 0.5) is 19.1 Å². The number of nitrogens with one attached hydrogen (secondary N) is 2. The van der Waals surface area contributed by atoms with E-state index in [1.807, 2.05) is 6.92 Å². The van der Waals surface area contributed by atoms with Crippen LogP contribution in [0.2, 0.25) is 0 Å². The highest BCUT2D eigenvalue weighted by molar-refractivity contribution is 5.80. The van der Waals surface area contributed by atoms with Crippen LogP contribution in [-0.2, 0) is 15.8 Å². The first-order valence-corrected chi connectivity index (χ1v) is 8.03. The van der Waals surface area contributed by atoms with E-state index in [0.717, 1.165) is 12.8 Å². The van der Waals surface area contributed by atoms with Gasteiger partial charge in [-0.3, -0.25) is 25.6 Å². The topological polar surface area (TPSA) is 131 Å². The monoisotopic (exact) mass is 388 g/mol. The summed E-state index contributed by atoms with van der Waals surface area (Å²) in [6.45, 7) is 1.68. The number of hydrazine groups is 1. The number of nitrogens with zero attached hydrogens (tertiary/aromatic N) is 4. The van der Waals surface area contributed by atoms with E-state index in [1.165, 1.54) is 6.07 Å². The minimum Gasteiger partial charge on any atom is -0.286 e. The normalized spacial score (nSPS) is 12.0. The Hall–Kier alpha value is -2.94. The van der Waals surface area contributed by atoms with Crippen LogP contribution in [0, 0.1) is 17.2 Å². The van der Waals surface area contributed by atoms with Crippen LogP contribution in [0.1, 0.15) is 43.9 Å². The summed E-state index contributed by atoms with van der Waals surface area (Å²) < 4.78 is 38.6. The zero-order valence-electron chi connectivity index (χ0n) is 14.5. The molecule has 0 aliphatic heterocycles. The molecule has 0 saturated heterocycles. The van der Waals surface area contributed by atoms with Gasteiger partial charge in [-0.25, -0.2) is 15.0 Å². The maximum atomic E-state index is 12.9. The first-order chi connectivity index (χ1) is 12.7. The average Bonchev–Trinajstić information content (AvgIpc) is 2.64. The minimum absolute atomic E-state index is 0.146. The number of nitriles is 1. The van der Waals surface area contributed by atoms with Gasteiger partial charge in [0.1, 0.15) is 11.6 Å². The summed E-state index contributed by atoms with van der Waals surface area (Å²) in [6, 6.07) is 1.34. The van der Waals surface area contributed by atoms with Crippen molar-refractivity contribution in [3.63, 3.8) is 0 Å². The Bertz CT molecular complexity index is 692. The highest BCUT2D eigenvalue weighted by Gasteiger charge is 2.36. The summed E-state index contributed by atoms with van der Waals surface area (Å²) in [6.07, 6.45) is -1.29. The molecule has 0 unspecified atom stereocenters. The molecule has 0 spiro atoms. The van der Waals surface area contributed by atoms with Gasteiger partial charge in [0.25, 0.3) is 0 Å². The fourth-order valence-corrected chi connectivity index (χ4v) is 2.17. The highest BCUT2D eigenvalue weighted by atomic mass is 19.4. The van der Waals surface area contributed by atoms with E-state index in [4.69, 9.17) is 5.26 Å². The molecule has 1 aromatic rings. The number of rotatable bonds is 10. The second-order valence-corrected chi connectivity index (χ2v) is 5.60. The summed E-state index contributed by atoms with van der Waals surface area (Å²) in [4.78, 5) is 29.5. The number of unbranched alkanes of at least 4 members (excludes halogenated alkanes) is 2. The van der Waals surface area contributed by atoms with Crippen molar-refractivity contribution in [1.82, 2.24) is 20.5 Å². The van der Waals surface area contributed by atoms with Gasteiger partial charge in [-0.15, -0.1) is 0 Å². The second kappa shape index (κ2) is 10.3. The maximum absolute atomic E-state index is 12.9. The van der Waals surface area contributed by atoms with Crippen molar-refractivity contribution < 1.29 is 28.0 Å². The molecule has 0 saturated carbocycles. The number of hydrogen-bond acceptors (Lipinski definition) is 7.